The number of anilines is 1. The first-order valence-corrected chi connectivity index (χ1v) is 7.39. The smallest absolute Gasteiger partial charge is 0.251 e. The van der Waals surface area contributed by atoms with Crippen LogP contribution < -0.4 is 15.8 Å². The molecule has 2 aromatic rings. The first-order chi connectivity index (χ1) is 9.79. The van der Waals surface area contributed by atoms with E-state index in [0.717, 1.165) is 50.0 Å². The van der Waals surface area contributed by atoms with Crippen LogP contribution in [-0.2, 0) is 6.54 Å². The number of nitrogens with zero attached hydrogens (tertiary/aromatic N) is 2. The molecule has 3 rings (SSSR count). The van der Waals surface area contributed by atoms with E-state index >= 15 is 0 Å². The molecule has 1 aromatic carbocycles. The molecule has 0 spiro atoms. The van der Waals surface area contributed by atoms with Gasteiger partial charge in [-0.3, -0.25) is 4.79 Å². The van der Waals surface area contributed by atoms with E-state index in [-0.39, 0.29) is 5.56 Å². The largest absolute Gasteiger partial charge is 0.369 e. The van der Waals surface area contributed by atoms with Crippen molar-refractivity contribution < 1.29 is 0 Å². The molecule has 0 aliphatic carbocycles. The van der Waals surface area contributed by atoms with Gasteiger partial charge in [0.25, 0.3) is 5.56 Å². The number of nitrogens with one attached hydrogen (secondary N) is 1. The molecule has 0 bridgehead atoms. The monoisotopic (exact) mass is 271 g/mol. The Morgan fingerprint density at radius 2 is 1.95 bits per heavy atom. The molecule has 2 heterocycles. The summed E-state index contributed by atoms with van der Waals surface area (Å²) in [4.78, 5) is 14.3. The van der Waals surface area contributed by atoms with E-state index in [9.17, 15) is 4.79 Å². The fraction of sp³-hybridized carbons (Fsp3) is 0.438. The molecule has 4 nitrogen and oxygen atoms in total. The van der Waals surface area contributed by atoms with Gasteiger partial charge in [0.05, 0.1) is 5.52 Å². The second-order valence-electron chi connectivity index (χ2n) is 5.30. The first-order valence-electron chi connectivity index (χ1n) is 7.39. The van der Waals surface area contributed by atoms with Crippen LogP contribution in [0.5, 0.6) is 0 Å². The predicted molar refractivity (Wildman–Crippen MR) is 83.6 cm³/mol. The maximum Gasteiger partial charge on any atom is 0.251 e. The Balaban J connectivity index is 2.03. The van der Waals surface area contributed by atoms with Gasteiger partial charge in [-0.25, -0.2) is 0 Å². The Morgan fingerprint density at radius 1 is 1.15 bits per heavy atom. The maximum absolute atomic E-state index is 12.0. The van der Waals surface area contributed by atoms with Crippen LogP contribution in [0.1, 0.15) is 13.3 Å². The van der Waals surface area contributed by atoms with Crippen molar-refractivity contribution in [3.05, 3.63) is 40.7 Å². The summed E-state index contributed by atoms with van der Waals surface area (Å²) in [5, 5.41) is 4.52. The molecule has 106 valence electrons. The van der Waals surface area contributed by atoms with Gasteiger partial charge in [-0.2, -0.15) is 0 Å². The molecule has 1 fully saturated rings. The number of aromatic nitrogens is 1. The SMILES string of the molecule is CCCn1c(=O)ccc2cc(N3CCNCC3)ccc21. The van der Waals surface area contributed by atoms with Crippen LogP contribution in [-0.4, -0.2) is 30.7 Å². The van der Waals surface area contributed by atoms with Crippen LogP contribution in [0.4, 0.5) is 5.69 Å². The zero-order valence-electron chi connectivity index (χ0n) is 11.9. The Bertz CT molecular complexity index is 656. The van der Waals surface area contributed by atoms with Gasteiger partial charge < -0.3 is 14.8 Å². The lowest BCUT2D eigenvalue weighted by Crippen LogP contribution is -2.43. The van der Waals surface area contributed by atoms with Gasteiger partial charge in [0.1, 0.15) is 0 Å². The third kappa shape index (κ3) is 2.43. The van der Waals surface area contributed by atoms with E-state index in [2.05, 4.69) is 35.3 Å². The van der Waals surface area contributed by atoms with Crippen LogP contribution in [0.25, 0.3) is 10.9 Å². The van der Waals surface area contributed by atoms with Gasteiger partial charge >= 0.3 is 0 Å². The number of piperazine rings is 1. The van der Waals surface area contributed by atoms with Crippen LogP contribution in [0.2, 0.25) is 0 Å². The molecular weight excluding hydrogens is 250 g/mol. The summed E-state index contributed by atoms with van der Waals surface area (Å²) >= 11 is 0. The fourth-order valence-electron chi connectivity index (χ4n) is 2.86. The Labute approximate surface area is 119 Å². The fourth-order valence-corrected chi connectivity index (χ4v) is 2.86. The number of pyridine rings is 1. The van der Waals surface area contributed by atoms with Crippen molar-refractivity contribution in [3.8, 4) is 0 Å². The zero-order chi connectivity index (χ0) is 13.9. The normalized spacial score (nSPS) is 15.8. The van der Waals surface area contributed by atoms with Crippen molar-refractivity contribution in [2.45, 2.75) is 19.9 Å². The standard InChI is InChI=1S/C16H21N3O/c1-2-9-19-15-5-4-14(18-10-7-17-8-11-18)12-13(15)3-6-16(19)20/h3-6,12,17H,2,7-11H2,1H3. The predicted octanol–water partition coefficient (Wildman–Crippen LogP) is 1.82. The molecule has 0 saturated carbocycles. The lowest BCUT2D eigenvalue weighted by Gasteiger charge is -2.29. The van der Waals surface area contributed by atoms with Crippen molar-refractivity contribution in [2.75, 3.05) is 31.1 Å². The third-order valence-electron chi connectivity index (χ3n) is 3.90. The van der Waals surface area contributed by atoms with E-state index in [4.69, 9.17) is 0 Å². The van der Waals surface area contributed by atoms with Crippen molar-refractivity contribution in [2.24, 2.45) is 0 Å². The van der Waals surface area contributed by atoms with Crippen molar-refractivity contribution in [1.82, 2.24) is 9.88 Å². The summed E-state index contributed by atoms with van der Waals surface area (Å²) < 4.78 is 1.87. The van der Waals surface area contributed by atoms with Crippen LogP contribution in [0, 0.1) is 0 Å². The molecule has 0 unspecified atom stereocenters. The van der Waals surface area contributed by atoms with Gasteiger partial charge in [-0.05, 0) is 30.7 Å². The molecule has 1 aliphatic heterocycles. The molecule has 1 N–H and O–H groups in total. The summed E-state index contributed by atoms with van der Waals surface area (Å²) in [5.74, 6) is 0. The average Bonchev–Trinajstić information content (AvgIpc) is 2.51. The van der Waals surface area contributed by atoms with E-state index < -0.39 is 0 Å². The highest BCUT2D eigenvalue weighted by Crippen LogP contribution is 2.21. The molecule has 0 amide bonds. The number of rotatable bonds is 3. The van der Waals surface area contributed by atoms with Gasteiger partial charge in [0, 0.05) is 49.9 Å². The number of hydrogen-bond donors (Lipinski definition) is 1. The number of fused-ring (bicyclic) bond motifs is 1. The van der Waals surface area contributed by atoms with Crippen LogP contribution in [0.15, 0.2) is 35.1 Å². The number of aryl methyl sites for hydroxylation is 1. The lowest BCUT2D eigenvalue weighted by molar-refractivity contribution is 0.589. The van der Waals surface area contributed by atoms with E-state index in [1.807, 2.05) is 10.6 Å². The molecule has 1 aromatic heterocycles. The summed E-state index contributed by atoms with van der Waals surface area (Å²) in [6.07, 6.45) is 0.971. The Kier molecular flexibility index (Phi) is 3.74. The van der Waals surface area contributed by atoms with Crippen molar-refractivity contribution in [1.29, 1.82) is 0 Å². The molecule has 1 saturated heterocycles. The molecule has 0 atom stereocenters. The highest BCUT2D eigenvalue weighted by atomic mass is 16.1. The maximum atomic E-state index is 12.0. The lowest BCUT2D eigenvalue weighted by atomic mass is 10.1. The minimum atomic E-state index is 0.0919. The molecule has 1 aliphatic rings. The summed E-state index contributed by atoms with van der Waals surface area (Å²) in [5.41, 5.74) is 2.38. The molecule has 4 heteroatoms. The summed E-state index contributed by atoms with van der Waals surface area (Å²) in [6, 6.07) is 10.0. The van der Waals surface area contributed by atoms with E-state index in [1.54, 1.807) is 6.07 Å². The summed E-state index contributed by atoms with van der Waals surface area (Å²) in [7, 11) is 0. The molecule has 0 radical (unpaired) electrons. The molecule has 20 heavy (non-hydrogen) atoms. The number of benzene rings is 1. The zero-order valence-corrected chi connectivity index (χ0v) is 11.9. The van der Waals surface area contributed by atoms with Gasteiger partial charge in [-0.15, -0.1) is 0 Å². The second-order valence-corrected chi connectivity index (χ2v) is 5.30. The topological polar surface area (TPSA) is 37.3 Å². The van der Waals surface area contributed by atoms with Crippen molar-refractivity contribution >= 4 is 16.6 Å². The van der Waals surface area contributed by atoms with E-state index in [0.29, 0.717) is 0 Å². The van der Waals surface area contributed by atoms with Crippen molar-refractivity contribution in [3.63, 3.8) is 0 Å². The Morgan fingerprint density at radius 3 is 2.70 bits per heavy atom. The first kappa shape index (κ1) is 13.2. The quantitative estimate of drug-likeness (QED) is 0.925. The highest BCUT2D eigenvalue weighted by Gasteiger charge is 2.11. The van der Waals surface area contributed by atoms with Gasteiger partial charge in [-0.1, -0.05) is 6.92 Å². The average molecular weight is 271 g/mol. The van der Waals surface area contributed by atoms with Crippen LogP contribution in [0.3, 0.4) is 0 Å². The number of hydrogen-bond acceptors (Lipinski definition) is 3. The van der Waals surface area contributed by atoms with Crippen LogP contribution >= 0.6 is 0 Å². The Hall–Kier alpha value is -1.81. The van der Waals surface area contributed by atoms with E-state index in [1.165, 1.54) is 5.69 Å². The van der Waals surface area contributed by atoms with Gasteiger partial charge in [0.2, 0.25) is 0 Å². The minimum absolute atomic E-state index is 0.0919. The van der Waals surface area contributed by atoms with Gasteiger partial charge in [0.15, 0.2) is 0 Å². The second kappa shape index (κ2) is 5.67. The third-order valence-corrected chi connectivity index (χ3v) is 3.90. The molecular formula is C16H21N3O. The minimum Gasteiger partial charge on any atom is -0.369 e. The summed E-state index contributed by atoms with van der Waals surface area (Å²) in [6.45, 7) is 7.03. The highest BCUT2D eigenvalue weighted by molar-refractivity contribution is 5.83.